The van der Waals surface area contributed by atoms with E-state index in [4.69, 9.17) is 0 Å². The van der Waals surface area contributed by atoms with Crippen LogP contribution in [0.2, 0.25) is 0 Å². The number of fused-ring (bicyclic) bond motifs is 1. The molecule has 2 aliphatic rings. The van der Waals surface area contributed by atoms with Crippen LogP contribution in [0.5, 0.6) is 0 Å². The normalized spacial score (nSPS) is 19.8. The summed E-state index contributed by atoms with van der Waals surface area (Å²) in [5, 5.41) is 8.05. The van der Waals surface area contributed by atoms with Crippen LogP contribution in [-0.2, 0) is 9.59 Å². The monoisotopic (exact) mass is 393 g/mol. The molecule has 2 aromatic rings. The van der Waals surface area contributed by atoms with Gasteiger partial charge >= 0.3 is 6.03 Å². The van der Waals surface area contributed by atoms with E-state index in [1.165, 1.54) is 0 Å². The van der Waals surface area contributed by atoms with E-state index >= 15 is 0 Å². The van der Waals surface area contributed by atoms with Crippen LogP contribution in [0.1, 0.15) is 57.1 Å². The highest BCUT2D eigenvalue weighted by molar-refractivity contribution is 6.09. The topological polar surface area (TPSA) is 78.5 Å². The maximum absolute atomic E-state index is 12.9. The third kappa shape index (κ3) is 3.84. The summed E-state index contributed by atoms with van der Waals surface area (Å²) in [6, 6.07) is 13.4. The lowest BCUT2D eigenvalue weighted by Gasteiger charge is -2.24. The van der Waals surface area contributed by atoms with Gasteiger partial charge in [0, 0.05) is 0 Å². The van der Waals surface area contributed by atoms with Gasteiger partial charge in [-0.3, -0.25) is 14.5 Å². The Morgan fingerprint density at radius 1 is 1.07 bits per heavy atom. The van der Waals surface area contributed by atoms with Gasteiger partial charge in [0.1, 0.15) is 12.1 Å². The fourth-order valence-electron chi connectivity index (χ4n) is 4.48. The summed E-state index contributed by atoms with van der Waals surface area (Å²) in [6.45, 7) is 1.66. The Hall–Kier alpha value is -2.89. The predicted octanol–water partition coefficient (Wildman–Crippen LogP) is 3.66. The van der Waals surface area contributed by atoms with E-state index in [0.29, 0.717) is 12.8 Å². The highest BCUT2D eigenvalue weighted by atomic mass is 16.2. The zero-order valence-corrected chi connectivity index (χ0v) is 16.7. The molecule has 152 valence electrons. The Kier molecular flexibility index (Phi) is 5.26. The van der Waals surface area contributed by atoms with Crippen LogP contribution >= 0.6 is 0 Å². The largest absolute Gasteiger partial charge is 0.348 e. The number of urea groups is 1. The molecule has 0 bridgehead atoms. The van der Waals surface area contributed by atoms with Crippen molar-refractivity contribution in [1.29, 1.82) is 0 Å². The molecule has 1 spiro atoms. The van der Waals surface area contributed by atoms with Crippen molar-refractivity contribution in [2.24, 2.45) is 0 Å². The van der Waals surface area contributed by atoms with Crippen LogP contribution < -0.4 is 10.6 Å². The van der Waals surface area contributed by atoms with Crippen molar-refractivity contribution in [3.05, 3.63) is 48.0 Å². The van der Waals surface area contributed by atoms with Crippen LogP contribution in [0.3, 0.4) is 0 Å². The molecular formula is C23H27N3O3. The van der Waals surface area contributed by atoms with Gasteiger partial charge in [-0.1, -0.05) is 62.1 Å². The van der Waals surface area contributed by atoms with Gasteiger partial charge in [0.05, 0.1) is 6.04 Å². The summed E-state index contributed by atoms with van der Waals surface area (Å²) in [5.74, 6) is -0.585. The highest BCUT2D eigenvalue weighted by Crippen LogP contribution is 2.32. The highest BCUT2D eigenvalue weighted by Gasteiger charge is 2.51. The molecule has 4 amide bonds. The summed E-state index contributed by atoms with van der Waals surface area (Å²) in [7, 11) is 0. The van der Waals surface area contributed by atoms with E-state index in [9.17, 15) is 14.4 Å². The van der Waals surface area contributed by atoms with E-state index in [1.54, 1.807) is 0 Å². The van der Waals surface area contributed by atoms with Crippen molar-refractivity contribution < 1.29 is 14.4 Å². The molecule has 4 rings (SSSR count). The lowest BCUT2D eigenvalue weighted by molar-refractivity contribution is -0.135. The lowest BCUT2D eigenvalue weighted by atomic mass is 9.90. The molecule has 1 saturated heterocycles. The van der Waals surface area contributed by atoms with Gasteiger partial charge in [0.15, 0.2) is 0 Å². The fourth-order valence-corrected chi connectivity index (χ4v) is 4.48. The number of benzene rings is 2. The number of carbonyl (C=O) groups is 3. The average molecular weight is 393 g/mol. The molecule has 0 radical (unpaired) electrons. The van der Waals surface area contributed by atoms with Crippen molar-refractivity contribution in [1.82, 2.24) is 15.5 Å². The Labute approximate surface area is 170 Å². The molecule has 2 N–H and O–H groups in total. The predicted molar refractivity (Wildman–Crippen MR) is 111 cm³/mol. The maximum atomic E-state index is 12.9. The zero-order chi connectivity index (χ0) is 20.4. The molecule has 1 unspecified atom stereocenters. The number of carbonyl (C=O) groups excluding carboxylic acids is 3. The fraction of sp³-hybridized carbons (Fsp3) is 0.435. The van der Waals surface area contributed by atoms with Crippen molar-refractivity contribution in [3.8, 4) is 0 Å². The van der Waals surface area contributed by atoms with Gasteiger partial charge in [-0.05, 0) is 42.2 Å². The molecule has 0 aromatic heterocycles. The molecule has 2 aromatic carbocycles. The molecule has 1 aliphatic carbocycles. The first kappa shape index (κ1) is 19.4. The van der Waals surface area contributed by atoms with Crippen LogP contribution in [0, 0.1) is 0 Å². The third-order valence-corrected chi connectivity index (χ3v) is 6.16. The summed E-state index contributed by atoms with van der Waals surface area (Å²) >= 11 is 0. The van der Waals surface area contributed by atoms with Crippen LogP contribution in [-0.4, -0.2) is 34.8 Å². The first-order chi connectivity index (χ1) is 14.0. The Balaban J connectivity index is 1.42. The van der Waals surface area contributed by atoms with Crippen molar-refractivity contribution >= 4 is 28.6 Å². The summed E-state index contributed by atoms with van der Waals surface area (Å²) in [4.78, 5) is 39.0. The van der Waals surface area contributed by atoms with Gasteiger partial charge in [0.25, 0.3) is 5.91 Å². The molecule has 6 nitrogen and oxygen atoms in total. The van der Waals surface area contributed by atoms with E-state index in [-0.39, 0.29) is 24.4 Å². The molecule has 1 heterocycles. The minimum atomic E-state index is -0.808. The minimum Gasteiger partial charge on any atom is -0.348 e. The van der Waals surface area contributed by atoms with Crippen LogP contribution in [0.4, 0.5) is 4.79 Å². The average Bonchev–Trinajstić information content (AvgIpc) is 2.88. The number of amides is 4. The van der Waals surface area contributed by atoms with Gasteiger partial charge in [0.2, 0.25) is 5.91 Å². The SMILES string of the molecule is CC(NC(=O)CN1C(=O)NC2(CCCCCC2)C1=O)c1ccc2ccccc2c1. The van der Waals surface area contributed by atoms with Gasteiger partial charge in [-0.15, -0.1) is 0 Å². The maximum Gasteiger partial charge on any atom is 0.325 e. The smallest absolute Gasteiger partial charge is 0.325 e. The molecule has 1 aliphatic heterocycles. The van der Waals surface area contributed by atoms with Gasteiger partial charge < -0.3 is 10.6 Å². The van der Waals surface area contributed by atoms with E-state index in [1.807, 2.05) is 43.3 Å². The van der Waals surface area contributed by atoms with E-state index < -0.39 is 11.6 Å². The number of nitrogens with one attached hydrogen (secondary N) is 2. The zero-order valence-electron chi connectivity index (χ0n) is 16.7. The number of hydrogen-bond donors (Lipinski definition) is 2. The minimum absolute atomic E-state index is 0.222. The van der Waals surface area contributed by atoms with Gasteiger partial charge in [-0.2, -0.15) is 0 Å². The summed E-state index contributed by atoms with van der Waals surface area (Å²) in [6.07, 6.45) is 5.31. The number of imide groups is 1. The second kappa shape index (κ2) is 7.85. The molecule has 1 saturated carbocycles. The number of nitrogens with zero attached hydrogens (tertiary/aromatic N) is 1. The van der Waals surface area contributed by atoms with Crippen molar-refractivity contribution in [2.45, 2.75) is 57.0 Å². The quantitative estimate of drug-likeness (QED) is 0.778. The van der Waals surface area contributed by atoms with E-state index in [0.717, 1.165) is 46.9 Å². The molecule has 2 fully saturated rings. The van der Waals surface area contributed by atoms with Crippen LogP contribution in [0.15, 0.2) is 42.5 Å². The standard InChI is InChI=1S/C23H27N3O3/c1-16(18-11-10-17-8-4-5-9-19(17)14-18)24-20(27)15-26-21(28)23(25-22(26)29)12-6-2-3-7-13-23/h4-5,8-11,14,16H,2-3,6-7,12-13,15H2,1H3,(H,24,27)(H,25,29). The third-order valence-electron chi connectivity index (χ3n) is 6.16. The summed E-state index contributed by atoms with van der Waals surface area (Å²) in [5.41, 5.74) is 0.173. The molecule has 29 heavy (non-hydrogen) atoms. The van der Waals surface area contributed by atoms with Crippen LogP contribution in [0.25, 0.3) is 10.8 Å². The lowest BCUT2D eigenvalue weighted by Crippen LogP contribution is -2.47. The van der Waals surface area contributed by atoms with Crippen molar-refractivity contribution in [3.63, 3.8) is 0 Å². The number of rotatable bonds is 4. The first-order valence-corrected chi connectivity index (χ1v) is 10.4. The number of hydrogen-bond acceptors (Lipinski definition) is 3. The Bertz CT molecular complexity index is 947. The van der Waals surface area contributed by atoms with Gasteiger partial charge in [-0.25, -0.2) is 4.79 Å². The molecular weight excluding hydrogens is 366 g/mol. The first-order valence-electron chi connectivity index (χ1n) is 10.4. The Morgan fingerprint density at radius 3 is 2.48 bits per heavy atom. The summed E-state index contributed by atoms with van der Waals surface area (Å²) < 4.78 is 0. The second-order valence-corrected chi connectivity index (χ2v) is 8.21. The Morgan fingerprint density at radius 2 is 1.76 bits per heavy atom. The molecule has 1 atom stereocenters. The van der Waals surface area contributed by atoms with E-state index in [2.05, 4.69) is 16.7 Å². The van der Waals surface area contributed by atoms with Crippen molar-refractivity contribution in [2.75, 3.05) is 6.54 Å². The second-order valence-electron chi connectivity index (χ2n) is 8.21. The molecule has 6 heteroatoms.